The summed E-state index contributed by atoms with van der Waals surface area (Å²) in [5.41, 5.74) is 0.902. The number of methoxy groups -OCH3 is 2. The van der Waals surface area contributed by atoms with Gasteiger partial charge < -0.3 is 18.9 Å². The molecule has 0 saturated heterocycles. The molecule has 3 aromatic carbocycles. The third-order valence-corrected chi connectivity index (χ3v) is 7.70. The second kappa shape index (κ2) is 18.8. The molecule has 5 nitrogen and oxygen atoms in total. The highest BCUT2D eigenvalue weighted by Gasteiger charge is 2.28. The van der Waals surface area contributed by atoms with Gasteiger partial charge in [-0.25, -0.2) is 4.79 Å². The van der Waals surface area contributed by atoms with Crippen LogP contribution >= 0.6 is 0 Å². The number of carbonyl (C=O) groups excluding carboxylic acids is 1. The van der Waals surface area contributed by atoms with Gasteiger partial charge in [-0.1, -0.05) is 107 Å². The van der Waals surface area contributed by atoms with Crippen molar-refractivity contribution in [2.75, 3.05) is 27.6 Å². The van der Waals surface area contributed by atoms with Crippen LogP contribution in [-0.2, 0) is 23.7 Å². The average molecular weight is 551 g/mol. The molecule has 0 spiro atoms. The van der Waals surface area contributed by atoms with E-state index in [1.54, 1.807) is 14.2 Å². The maximum absolute atomic E-state index is 13.7. The van der Waals surface area contributed by atoms with Gasteiger partial charge in [0.05, 0.1) is 0 Å². The van der Waals surface area contributed by atoms with Crippen LogP contribution in [0.25, 0.3) is 21.5 Å². The minimum absolute atomic E-state index is 0.0648. The predicted octanol–water partition coefficient (Wildman–Crippen LogP) is 9.30. The van der Waals surface area contributed by atoms with E-state index in [-0.39, 0.29) is 12.1 Å². The number of benzene rings is 3. The highest BCUT2D eigenvalue weighted by atomic mass is 16.7. The third kappa shape index (κ3) is 10.2. The first-order chi connectivity index (χ1) is 19.7. The van der Waals surface area contributed by atoms with Gasteiger partial charge >= 0.3 is 5.97 Å². The van der Waals surface area contributed by atoms with E-state index in [1.165, 1.54) is 38.5 Å². The Labute approximate surface area is 241 Å². The number of esters is 1. The molecule has 0 N–H and O–H groups in total. The van der Waals surface area contributed by atoms with E-state index in [1.807, 2.05) is 24.3 Å². The zero-order chi connectivity index (χ0) is 28.4. The molecule has 0 unspecified atom stereocenters. The van der Waals surface area contributed by atoms with Crippen molar-refractivity contribution in [3.63, 3.8) is 0 Å². The van der Waals surface area contributed by atoms with Gasteiger partial charge in [-0.05, 0) is 59.7 Å². The summed E-state index contributed by atoms with van der Waals surface area (Å²) in [6.07, 6.45) is 14.0. The van der Waals surface area contributed by atoms with E-state index in [2.05, 4.69) is 37.3 Å². The summed E-state index contributed by atoms with van der Waals surface area (Å²) in [6.45, 7) is 3.38. The lowest BCUT2D eigenvalue weighted by Crippen LogP contribution is -2.25. The molecular weight excluding hydrogens is 500 g/mol. The fourth-order valence-electron chi connectivity index (χ4n) is 5.55. The predicted molar refractivity (Wildman–Crippen MR) is 165 cm³/mol. The lowest BCUT2D eigenvalue weighted by molar-refractivity contribution is -0.162. The molecule has 2 atom stereocenters. The maximum atomic E-state index is 13.7. The van der Waals surface area contributed by atoms with Gasteiger partial charge in [-0.2, -0.15) is 0 Å². The van der Waals surface area contributed by atoms with Crippen molar-refractivity contribution in [1.82, 2.24) is 0 Å². The SMILES string of the molecule is CCCCC[C@@H](CCCCCCCCCCOCOC)OC(=O)[C@H](OC)c1c2ccccc2cc2ccccc12. The zero-order valence-corrected chi connectivity index (χ0v) is 25.0. The standard InChI is InChI=1S/C35H50O5/c1-4-5-12-21-30(22-13-10-8-6-7-9-11-18-25-39-27-37-2)40-35(36)34(38-3)33-31-23-16-14-19-28(31)26-29-20-15-17-24-32(29)33/h14-17,19-20,23-24,26,30,34H,4-13,18,21-22,25,27H2,1-3H3/t30-,34+/m0/s1. The van der Waals surface area contributed by atoms with Gasteiger partial charge in [0.15, 0.2) is 6.10 Å². The van der Waals surface area contributed by atoms with Gasteiger partial charge in [0.2, 0.25) is 0 Å². The summed E-state index contributed by atoms with van der Waals surface area (Å²) in [4.78, 5) is 13.7. The molecule has 0 aliphatic heterocycles. The Bertz CT molecular complexity index is 1070. The summed E-state index contributed by atoms with van der Waals surface area (Å²) < 4.78 is 22.3. The summed E-state index contributed by atoms with van der Waals surface area (Å²) in [5.74, 6) is -0.278. The molecule has 0 bridgehead atoms. The number of hydrogen-bond donors (Lipinski definition) is 0. The molecule has 220 valence electrons. The smallest absolute Gasteiger partial charge is 0.340 e. The Morgan fingerprint density at radius 1 is 0.725 bits per heavy atom. The van der Waals surface area contributed by atoms with Gasteiger partial charge in [-0.3, -0.25) is 0 Å². The van der Waals surface area contributed by atoms with Crippen molar-refractivity contribution >= 4 is 27.5 Å². The van der Waals surface area contributed by atoms with Gasteiger partial charge in [-0.15, -0.1) is 0 Å². The van der Waals surface area contributed by atoms with E-state index in [4.69, 9.17) is 18.9 Å². The Morgan fingerprint density at radius 3 is 1.85 bits per heavy atom. The Balaban J connectivity index is 1.55. The van der Waals surface area contributed by atoms with Crippen LogP contribution in [-0.4, -0.2) is 39.7 Å². The highest BCUT2D eigenvalue weighted by Crippen LogP contribution is 2.35. The molecule has 0 radical (unpaired) electrons. The minimum Gasteiger partial charge on any atom is -0.460 e. The van der Waals surface area contributed by atoms with Crippen molar-refractivity contribution in [3.8, 4) is 0 Å². The monoisotopic (exact) mass is 550 g/mol. The van der Waals surface area contributed by atoms with Crippen molar-refractivity contribution in [2.45, 2.75) is 103 Å². The first-order valence-electron chi connectivity index (χ1n) is 15.4. The maximum Gasteiger partial charge on any atom is 0.340 e. The highest BCUT2D eigenvalue weighted by molar-refractivity contribution is 6.05. The van der Waals surface area contributed by atoms with Crippen LogP contribution in [0.1, 0.15) is 102 Å². The molecular formula is C35H50O5. The van der Waals surface area contributed by atoms with E-state index in [0.29, 0.717) is 6.79 Å². The Hall–Kier alpha value is -2.47. The van der Waals surface area contributed by atoms with Crippen LogP contribution in [0.4, 0.5) is 0 Å². The molecule has 0 amide bonds. The van der Waals surface area contributed by atoms with Crippen LogP contribution in [0.5, 0.6) is 0 Å². The average Bonchev–Trinajstić information content (AvgIpc) is 2.97. The number of unbranched alkanes of at least 4 members (excludes halogenated alkanes) is 9. The molecule has 5 heteroatoms. The first-order valence-corrected chi connectivity index (χ1v) is 15.4. The molecule has 0 heterocycles. The summed E-state index contributed by atoms with van der Waals surface area (Å²) in [6, 6.07) is 18.6. The zero-order valence-electron chi connectivity index (χ0n) is 25.0. The molecule has 3 rings (SSSR count). The molecule has 0 aliphatic carbocycles. The van der Waals surface area contributed by atoms with Crippen LogP contribution in [0.15, 0.2) is 54.6 Å². The number of hydrogen-bond acceptors (Lipinski definition) is 5. The number of ether oxygens (including phenoxy) is 4. The number of fused-ring (bicyclic) bond motifs is 2. The fraction of sp³-hybridized carbons (Fsp3) is 0.571. The second-order valence-electron chi connectivity index (χ2n) is 10.8. The fourth-order valence-corrected chi connectivity index (χ4v) is 5.55. The van der Waals surface area contributed by atoms with E-state index in [9.17, 15) is 4.79 Å². The molecule has 3 aromatic rings. The molecule has 0 aromatic heterocycles. The Morgan fingerprint density at radius 2 is 1.27 bits per heavy atom. The molecule has 0 saturated carbocycles. The summed E-state index contributed by atoms with van der Waals surface area (Å²) in [5, 5.41) is 4.28. The quantitative estimate of drug-likeness (QED) is 0.0572. The number of carbonyl (C=O) groups is 1. The van der Waals surface area contributed by atoms with Gasteiger partial charge in [0, 0.05) is 26.4 Å². The molecule has 0 aliphatic rings. The topological polar surface area (TPSA) is 54.0 Å². The lowest BCUT2D eigenvalue weighted by Gasteiger charge is -2.23. The van der Waals surface area contributed by atoms with E-state index < -0.39 is 6.10 Å². The lowest BCUT2D eigenvalue weighted by atomic mass is 9.93. The summed E-state index contributed by atoms with van der Waals surface area (Å²) >= 11 is 0. The van der Waals surface area contributed by atoms with Gasteiger partial charge in [0.1, 0.15) is 12.9 Å². The summed E-state index contributed by atoms with van der Waals surface area (Å²) in [7, 11) is 3.27. The van der Waals surface area contributed by atoms with E-state index >= 15 is 0 Å². The van der Waals surface area contributed by atoms with E-state index in [0.717, 1.165) is 78.7 Å². The molecule has 40 heavy (non-hydrogen) atoms. The van der Waals surface area contributed by atoms with Crippen molar-refractivity contribution < 1.29 is 23.7 Å². The number of rotatable bonds is 21. The second-order valence-corrected chi connectivity index (χ2v) is 10.8. The van der Waals surface area contributed by atoms with Crippen molar-refractivity contribution in [1.29, 1.82) is 0 Å². The third-order valence-electron chi connectivity index (χ3n) is 7.70. The van der Waals surface area contributed by atoms with Crippen LogP contribution < -0.4 is 0 Å². The van der Waals surface area contributed by atoms with Gasteiger partial charge in [0.25, 0.3) is 0 Å². The van der Waals surface area contributed by atoms with Crippen molar-refractivity contribution in [2.24, 2.45) is 0 Å². The normalized spacial score (nSPS) is 13.1. The molecule has 0 fully saturated rings. The largest absolute Gasteiger partial charge is 0.460 e. The minimum atomic E-state index is -0.760. The van der Waals surface area contributed by atoms with Crippen LogP contribution in [0.3, 0.4) is 0 Å². The Kier molecular flexibility index (Phi) is 15.1. The van der Waals surface area contributed by atoms with Crippen LogP contribution in [0.2, 0.25) is 0 Å². The van der Waals surface area contributed by atoms with Crippen LogP contribution in [0, 0.1) is 0 Å². The first kappa shape index (κ1) is 32.0. The van der Waals surface area contributed by atoms with Crippen molar-refractivity contribution in [3.05, 3.63) is 60.2 Å².